The molecule has 5 nitrogen and oxygen atoms in total. The molecule has 0 bridgehead atoms. The molecule has 2 aliphatic rings. The standard InChI is InChI=1S/C19H23ClN4O/c1-3-23(4-2)19(25)22-24-16-9-5-7-13-12-8-6-10-21-15(12)11-14(17(13)16)18(24)20/h5,7-9,15,21H,3-4,6,10-11H2,1-2H3,(H,22,25)/t15-/m1/s1. The fourth-order valence-corrected chi connectivity index (χ4v) is 4.33. The number of carbonyl (C=O) groups is 1. The van der Waals surface area contributed by atoms with Gasteiger partial charge in [0, 0.05) is 30.1 Å². The van der Waals surface area contributed by atoms with E-state index in [1.165, 1.54) is 16.5 Å². The average Bonchev–Trinajstić information content (AvgIpc) is 2.90. The number of nitrogens with one attached hydrogen (secondary N) is 2. The summed E-state index contributed by atoms with van der Waals surface area (Å²) in [6.45, 7) is 6.26. The van der Waals surface area contributed by atoms with Crippen LogP contribution in [0.15, 0.2) is 24.3 Å². The van der Waals surface area contributed by atoms with Gasteiger partial charge in [-0.15, -0.1) is 0 Å². The van der Waals surface area contributed by atoms with Gasteiger partial charge < -0.3 is 10.2 Å². The van der Waals surface area contributed by atoms with Crippen molar-refractivity contribution in [3.8, 4) is 0 Å². The third-order valence-corrected chi connectivity index (χ3v) is 5.68. The smallest absolute Gasteiger partial charge is 0.324 e. The lowest BCUT2D eigenvalue weighted by Crippen LogP contribution is -2.38. The Balaban J connectivity index is 1.83. The van der Waals surface area contributed by atoms with Crippen LogP contribution in [0.1, 0.15) is 31.4 Å². The molecule has 0 radical (unpaired) electrons. The summed E-state index contributed by atoms with van der Waals surface area (Å²) < 4.78 is 1.74. The topological polar surface area (TPSA) is 49.3 Å². The quantitative estimate of drug-likeness (QED) is 0.880. The van der Waals surface area contributed by atoms with E-state index < -0.39 is 0 Å². The van der Waals surface area contributed by atoms with Crippen LogP contribution >= 0.6 is 11.6 Å². The highest BCUT2D eigenvalue weighted by molar-refractivity contribution is 6.32. The van der Waals surface area contributed by atoms with E-state index in [1.54, 1.807) is 9.58 Å². The number of urea groups is 1. The number of fused-ring (bicyclic) bond motifs is 2. The van der Waals surface area contributed by atoms with Gasteiger partial charge in [0.05, 0.1) is 5.52 Å². The maximum absolute atomic E-state index is 12.5. The minimum absolute atomic E-state index is 0.130. The van der Waals surface area contributed by atoms with Crippen molar-refractivity contribution < 1.29 is 4.79 Å². The lowest BCUT2D eigenvalue weighted by atomic mass is 9.83. The van der Waals surface area contributed by atoms with E-state index >= 15 is 0 Å². The second-order valence-electron chi connectivity index (χ2n) is 6.55. The molecule has 2 amide bonds. The molecule has 0 spiro atoms. The number of rotatable bonds is 3. The summed E-state index contributed by atoms with van der Waals surface area (Å²) in [6, 6.07) is 6.39. The largest absolute Gasteiger partial charge is 0.336 e. The molecule has 0 saturated heterocycles. The van der Waals surface area contributed by atoms with Crippen LogP contribution in [0.2, 0.25) is 5.15 Å². The Morgan fingerprint density at radius 2 is 2.20 bits per heavy atom. The maximum atomic E-state index is 12.5. The van der Waals surface area contributed by atoms with Crippen molar-refractivity contribution >= 4 is 34.1 Å². The van der Waals surface area contributed by atoms with Crippen molar-refractivity contribution in [2.24, 2.45) is 0 Å². The maximum Gasteiger partial charge on any atom is 0.336 e. The predicted octanol–water partition coefficient (Wildman–Crippen LogP) is 3.60. The van der Waals surface area contributed by atoms with Crippen LogP contribution in [-0.4, -0.2) is 41.3 Å². The van der Waals surface area contributed by atoms with Gasteiger partial charge in [-0.1, -0.05) is 29.8 Å². The number of carbonyl (C=O) groups excluding carboxylic acids is 1. The molecule has 2 N–H and O–H groups in total. The van der Waals surface area contributed by atoms with Gasteiger partial charge in [-0.25, -0.2) is 14.9 Å². The Morgan fingerprint density at radius 1 is 1.40 bits per heavy atom. The van der Waals surface area contributed by atoms with Crippen LogP contribution < -0.4 is 10.7 Å². The van der Waals surface area contributed by atoms with Gasteiger partial charge >= 0.3 is 6.03 Å². The molecule has 0 fully saturated rings. The molecule has 6 heteroatoms. The minimum Gasteiger partial charge on any atom is -0.324 e. The van der Waals surface area contributed by atoms with Gasteiger partial charge in [0.25, 0.3) is 0 Å². The highest BCUT2D eigenvalue weighted by atomic mass is 35.5. The Labute approximate surface area is 152 Å². The van der Waals surface area contributed by atoms with Crippen molar-refractivity contribution in [3.63, 3.8) is 0 Å². The van der Waals surface area contributed by atoms with Crippen molar-refractivity contribution in [3.05, 3.63) is 40.6 Å². The third-order valence-electron chi connectivity index (χ3n) is 5.28. The molecule has 2 heterocycles. The molecular weight excluding hydrogens is 336 g/mol. The lowest BCUT2D eigenvalue weighted by Gasteiger charge is -2.30. The van der Waals surface area contributed by atoms with Gasteiger partial charge in [0.2, 0.25) is 0 Å². The summed E-state index contributed by atoms with van der Waals surface area (Å²) in [4.78, 5) is 14.3. The summed E-state index contributed by atoms with van der Waals surface area (Å²) >= 11 is 6.71. The number of hydrogen-bond donors (Lipinski definition) is 2. The van der Waals surface area contributed by atoms with E-state index in [2.05, 4.69) is 22.9 Å². The van der Waals surface area contributed by atoms with Crippen molar-refractivity contribution in [1.29, 1.82) is 0 Å². The van der Waals surface area contributed by atoms with Crippen LogP contribution in [0.3, 0.4) is 0 Å². The molecule has 132 valence electrons. The first-order valence-electron chi connectivity index (χ1n) is 8.97. The van der Waals surface area contributed by atoms with E-state index in [0.29, 0.717) is 24.3 Å². The molecule has 1 aliphatic heterocycles. The first kappa shape index (κ1) is 16.5. The molecule has 1 aromatic carbocycles. The average molecular weight is 359 g/mol. The van der Waals surface area contributed by atoms with Crippen LogP contribution in [-0.2, 0) is 6.42 Å². The van der Waals surface area contributed by atoms with E-state index in [0.717, 1.165) is 30.5 Å². The first-order valence-corrected chi connectivity index (χ1v) is 9.35. The van der Waals surface area contributed by atoms with Gasteiger partial charge in [-0.3, -0.25) is 0 Å². The molecule has 2 aromatic rings. The van der Waals surface area contributed by atoms with Crippen molar-refractivity contribution in [2.75, 3.05) is 25.1 Å². The summed E-state index contributed by atoms with van der Waals surface area (Å²) in [6.07, 6.45) is 4.23. The van der Waals surface area contributed by atoms with Gasteiger partial charge in [0.1, 0.15) is 5.15 Å². The second kappa shape index (κ2) is 6.39. The Kier molecular flexibility index (Phi) is 4.21. The summed E-state index contributed by atoms with van der Waals surface area (Å²) in [5.41, 5.74) is 7.64. The molecule has 1 aliphatic carbocycles. The summed E-state index contributed by atoms with van der Waals surface area (Å²) in [5.74, 6) is 0. The molecule has 0 unspecified atom stereocenters. The van der Waals surface area contributed by atoms with E-state index in [4.69, 9.17) is 11.6 Å². The zero-order chi connectivity index (χ0) is 17.6. The SMILES string of the molecule is CCN(CC)C(=O)Nn1c(Cl)c2c3c(cccc31)C1=CCCN[C@@H]1C2. The molecule has 1 aromatic heterocycles. The van der Waals surface area contributed by atoms with Gasteiger partial charge in [0.15, 0.2) is 0 Å². The minimum atomic E-state index is -0.130. The number of aromatic nitrogens is 1. The summed E-state index contributed by atoms with van der Waals surface area (Å²) in [7, 11) is 0. The Morgan fingerprint density at radius 3 is 2.96 bits per heavy atom. The summed E-state index contributed by atoms with van der Waals surface area (Å²) in [5, 5.41) is 5.36. The monoisotopic (exact) mass is 358 g/mol. The molecule has 1 atom stereocenters. The fraction of sp³-hybridized carbons (Fsp3) is 0.421. The zero-order valence-electron chi connectivity index (χ0n) is 14.6. The number of benzene rings is 1. The molecule has 25 heavy (non-hydrogen) atoms. The third kappa shape index (κ3) is 2.53. The van der Waals surface area contributed by atoms with E-state index in [9.17, 15) is 4.79 Å². The van der Waals surface area contributed by atoms with Crippen LogP contribution in [0.4, 0.5) is 4.79 Å². The number of halogens is 1. The van der Waals surface area contributed by atoms with Crippen LogP contribution in [0.5, 0.6) is 0 Å². The predicted molar refractivity (Wildman–Crippen MR) is 103 cm³/mol. The van der Waals surface area contributed by atoms with E-state index in [-0.39, 0.29) is 6.03 Å². The molecule has 4 rings (SSSR count). The number of nitrogens with zero attached hydrogens (tertiary/aromatic N) is 2. The zero-order valence-corrected chi connectivity index (χ0v) is 15.4. The molecule has 0 saturated carbocycles. The lowest BCUT2D eigenvalue weighted by molar-refractivity contribution is 0.214. The highest BCUT2D eigenvalue weighted by Crippen LogP contribution is 2.42. The van der Waals surface area contributed by atoms with Crippen molar-refractivity contribution in [2.45, 2.75) is 32.7 Å². The van der Waals surface area contributed by atoms with Gasteiger partial charge in [-0.2, -0.15) is 0 Å². The number of hydrogen-bond acceptors (Lipinski definition) is 2. The Hall–Kier alpha value is -1.98. The second-order valence-corrected chi connectivity index (χ2v) is 6.91. The van der Waals surface area contributed by atoms with Crippen LogP contribution in [0, 0.1) is 0 Å². The van der Waals surface area contributed by atoms with E-state index in [1.807, 2.05) is 26.0 Å². The molecular formula is C19H23ClN4O. The highest BCUT2D eigenvalue weighted by Gasteiger charge is 2.31. The first-order chi connectivity index (χ1) is 12.2. The number of amides is 2. The van der Waals surface area contributed by atoms with Crippen LogP contribution in [0.25, 0.3) is 16.5 Å². The Bertz CT molecular complexity index is 866. The fourth-order valence-electron chi connectivity index (χ4n) is 4.02. The van der Waals surface area contributed by atoms with Gasteiger partial charge in [-0.05, 0) is 50.4 Å². The van der Waals surface area contributed by atoms with Crippen molar-refractivity contribution in [1.82, 2.24) is 14.9 Å². The normalized spacial score (nSPS) is 18.7.